The van der Waals surface area contributed by atoms with Crippen LogP contribution in [0.1, 0.15) is 38.3 Å². The molecule has 1 saturated heterocycles. The highest BCUT2D eigenvalue weighted by molar-refractivity contribution is 14.0. The third kappa shape index (κ3) is 8.77. The number of nitrogens with one attached hydrogen (secondary N) is 2. The van der Waals surface area contributed by atoms with Gasteiger partial charge in [0.05, 0.1) is 18.9 Å². The number of methoxy groups -OCH3 is 1. The molecular formula is C20H35IN4O3S. The van der Waals surface area contributed by atoms with Crippen LogP contribution in [0.4, 0.5) is 0 Å². The van der Waals surface area contributed by atoms with E-state index in [-0.39, 0.29) is 35.8 Å². The summed E-state index contributed by atoms with van der Waals surface area (Å²) in [4.78, 5) is 7.04. The summed E-state index contributed by atoms with van der Waals surface area (Å²) in [6.07, 6.45) is 1.09. The maximum absolute atomic E-state index is 12.3. The van der Waals surface area contributed by atoms with Gasteiger partial charge < -0.3 is 15.0 Å². The maximum Gasteiger partial charge on any atom is 0.216 e. The molecule has 166 valence electrons. The zero-order valence-corrected chi connectivity index (χ0v) is 21.0. The molecule has 1 aromatic carbocycles. The summed E-state index contributed by atoms with van der Waals surface area (Å²) in [5, 5.41) is 3.36. The predicted octanol–water partition coefficient (Wildman–Crippen LogP) is 2.57. The summed E-state index contributed by atoms with van der Waals surface area (Å²) >= 11 is 0. The number of hydrogen-bond acceptors (Lipinski definition) is 4. The van der Waals surface area contributed by atoms with Gasteiger partial charge in [-0.15, -0.1) is 24.0 Å². The van der Waals surface area contributed by atoms with E-state index in [2.05, 4.69) is 21.9 Å². The van der Waals surface area contributed by atoms with E-state index in [0.717, 1.165) is 49.7 Å². The van der Waals surface area contributed by atoms with Crippen molar-refractivity contribution >= 4 is 40.0 Å². The minimum Gasteiger partial charge on any atom is -0.384 e. The second-order valence-corrected chi connectivity index (χ2v) is 9.28. The van der Waals surface area contributed by atoms with E-state index in [1.807, 2.05) is 38.1 Å². The summed E-state index contributed by atoms with van der Waals surface area (Å²) in [6, 6.07) is 7.49. The Bertz CT molecular complexity index is 756. The number of benzene rings is 1. The zero-order valence-electron chi connectivity index (χ0n) is 17.8. The molecule has 0 aliphatic carbocycles. The molecule has 0 saturated carbocycles. The van der Waals surface area contributed by atoms with Crippen LogP contribution in [0.15, 0.2) is 29.3 Å². The van der Waals surface area contributed by atoms with Crippen LogP contribution in [0.3, 0.4) is 0 Å². The molecule has 0 amide bonds. The number of ether oxygens (including phenoxy) is 1. The normalized spacial score (nSPS) is 17.5. The summed E-state index contributed by atoms with van der Waals surface area (Å²) in [5.74, 6) is 1.36. The van der Waals surface area contributed by atoms with Crippen LogP contribution in [-0.4, -0.2) is 58.7 Å². The molecule has 29 heavy (non-hydrogen) atoms. The van der Waals surface area contributed by atoms with Gasteiger partial charge in [0.15, 0.2) is 5.96 Å². The quantitative estimate of drug-likeness (QED) is 0.287. The fourth-order valence-electron chi connectivity index (χ4n) is 3.44. The van der Waals surface area contributed by atoms with Gasteiger partial charge in [-0.3, -0.25) is 0 Å². The first kappa shape index (κ1) is 26.1. The highest BCUT2D eigenvalue weighted by atomic mass is 127. The van der Waals surface area contributed by atoms with Crippen LogP contribution >= 0.6 is 24.0 Å². The molecule has 0 radical (unpaired) electrons. The highest BCUT2D eigenvalue weighted by Crippen LogP contribution is 2.18. The molecule has 1 aliphatic rings. The fraction of sp³-hybridized carbons (Fsp3) is 0.650. The molecule has 1 fully saturated rings. The van der Waals surface area contributed by atoms with Crippen molar-refractivity contribution < 1.29 is 13.2 Å². The van der Waals surface area contributed by atoms with Gasteiger partial charge in [-0.05, 0) is 38.3 Å². The summed E-state index contributed by atoms with van der Waals surface area (Å²) in [6.45, 7) is 9.57. The molecule has 1 aromatic rings. The van der Waals surface area contributed by atoms with E-state index in [0.29, 0.717) is 12.5 Å². The van der Waals surface area contributed by atoms with Crippen molar-refractivity contribution in [3.05, 3.63) is 35.4 Å². The third-order valence-electron chi connectivity index (χ3n) is 4.60. The molecule has 2 N–H and O–H groups in total. The number of aliphatic imine (C=N–C) groups is 1. The Morgan fingerprint density at radius 2 is 2.00 bits per heavy atom. The van der Waals surface area contributed by atoms with Gasteiger partial charge in [-0.1, -0.05) is 24.3 Å². The predicted molar refractivity (Wildman–Crippen MR) is 129 cm³/mol. The number of likely N-dealkylation sites (tertiary alicyclic amines) is 1. The lowest BCUT2D eigenvalue weighted by Gasteiger charge is -2.22. The van der Waals surface area contributed by atoms with E-state index in [1.54, 1.807) is 7.11 Å². The Balaban J connectivity index is 0.00000420. The Morgan fingerprint density at radius 3 is 2.62 bits per heavy atom. The van der Waals surface area contributed by atoms with Crippen molar-refractivity contribution in [3.8, 4) is 0 Å². The van der Waals surface area contributed by atoms with Gasteiger partial charge in [-0.25, -0.2) is 18.1 Å². The topological polar surface area (TPSA) is 83.0 Å². The maximum atomic E-state index is 12.3. The van der Waals surface area contributed by atoms with Crippen LogP contribution in [0.25, 0.3) is 0 Å². The molecule has 0 bridgehead atoms. The fourth-order valence-corrected chi connectivity index (χ4v) is 4.93. The number of sulfonamides is 1. The van der Waals surface area contributed by atoms with Crippen molar-refractivity contribution in [2.45, 2.75) is 45.5 Å². The Morgan fingerprint density at radius 1 is 1.31 bits per heavy atom. The van der Waals surface area contributed by atoms with Gasteiger partial charge in [-0.2, -0.15) is 0 Å². The summed E-state index contributed by atoms with van der Waals surface area (Å²) in [7, 11) is -1.64. The standard InChI is InChI=1S/C20H34N4O3S.HI/c1-5-21-20(24-11-10-17(13-24)14-27-4)22-12-18-8-6-7-9-19(18)15-28(25,26)23-16(2)3;/h6-9,16-17,23H,5,10-15H2,1-4H3,(H,21,22);1H. The van der Waals surface area contributed by atoms with Crippen LogP contribution in [0.2, 0.25) is 0 Å². The Labute approximate surface area is 192 Å². The summed E-state index contributed by atoms with van der Waals surface area (Å²) < 4.78 is 32.6. The third-order valence-corrected chi connectivity index (χ3v) is 6.12. The first-order valence-electron chi connectivity index (χ1n) is 9.93. The molecule has 9 heteroatoms. The van der Waals surface area contributed by atoms with Crippen molar-refractivity contribution in [1.29, 1.82) is 0 Å². The molecule has 2 rings (SSSR count). The molecule has 0 aromatic heterocycles. The van der Waals surface area contributed by atoms with Crippen molar-refractivity contribution in [1.82, 2.24) is 14.9 Å². The Kier molecular flexibility index (Phi) is 11.4. The highest BCUT2D eigenvalue weighted by Gasteiger charge is 2.24. The van der Waals surface area contributed by atoms with Crippen LogP contribution < -0.4 is 10.0 Å². The first-order valence-corrected chi connectivity index (χ1v) is 11.6. The lowest BCUT2D eigenvalue weighted by atomic mass is 10.1. The van der Waals surface area contributed by atoms with Gasteiger partial charge >= 0.3 is 0 Å². The van der Waals surface area contributed by atoms with Gasteiger partial charge in [0, 0.05) is 38.7 Å². The second kappa shape index (κ2) is 12.7. The largest absolute Gasteiger partial charge is 0.384 e. The monoisotopic (exact) mass is 538 g/mol. The number of nitrogens with zero attached hydrogens (tertiary/aromatic N) is 2. The molecular weight excluding hydrogens is 503 g/mol. The SMILES string of the molecule is CCNC(=NCc1ccccc1CS(=O)(=O)NC(C)C)N1CCC(COC)C1.I. The summed E-state index contributed by atoms with van der Waals surface area (Å²) in [5.41, 5.74) is 1.72. The number of halogens is 1. The molecule has 1 atom stereocenters. The molecule has 1 heterocycles. The molecule has 7 nitrogen and oxygen atoms in total. The minimum atomic E-state index is -3.37. The molecule has 0 spiro atoms. The van der Waals surface area contributed by atoms with E-state index in [1.165, 1.54) is 0 Å². The van der Waals surface area contributed by atoms with E-state index in [9.17, 15) is 8.42 Å². The van der Waals surface area contributed by atoms with Crippen LogP contribution in [-0.2, 0) is 27.1 Å². The average Bonchev–Trinajstić information content (AvgIpc) is 3.07. The van der Waals surface area contributed by atoms with Crippen molar-refractivity contribution in [2.24, 2.45) is 10.9 Å². The Hall–Kier alpha value is -0.910. The van der Waals surface area contributed by atoms with Crippen molar-refractivity contribution in [3.63, 3.8) is 0 Å². The van der Waals surface area contributed by atoms with Gasteiger partial charge in [0.1, 0.15) is 0 Å². The van der Waals surface area contributed by atoms with Gasteiger partial charge in [0.2, 0.25) is 10.0 Å². The van der Waals surface area contributed by atoms with Crippen molar-refractivity contribution in [2.75, 3.05) is 33.4 Å². The molecule has 1 aliphatic heterocycles. The first-order chi connectivity index (χ1) is 13.3. The molecule has 1 unspecified atom stereocenters. The lowest BCUT2D eigenvalue weighted by molar-refractivity contribution is 0.157. The van der Waals surface area contributed by atoms with E-state index < -0.39 is 10.0 Å². The lowest BCUT2D eigenvalue weighted by Crippen LogP contribution is -2.40. The minimum absolute atomic E-state index is 0. The average molecular weight is 538 g/mol. The zero-order chi connectivity index (χ0) is 20.6. The smallest absolute Gasteiger partial charge is 0.216 e. The number of hydrogen-bond donors (Lipinski definition) is 2. The van der Waals surface area contributed by atoms with E-state index in [4.69, 9.17) is 9.73 Å². The number of rotatable bonds is 9. The van der Waals surface area contributed by atoms with Gasteiger partial charge in [0.25, 0.3) is 0 Å². The number of guanidine groups is 1. The van der Waals surface area contributed by atoms with Crippen LogP contribution in [0, 0.1) is 5.92 Å². The second-order valence-electron chi connectivity index (χ2n) is 7.53. The van der Waals surface area contributed by atoms with E-state index >= 15 is 0 Å². The van der Waals surface area contributed by atoms with Crippen LogP contribution in [0.5, 0.6) is 0 Å².